The zero-order valence-electron chi connectivity index (χ0n) is 11.8. The number of ether oxygens (including phenoxy) is 2. The molecule has 0 atom stereocenters. The Morgan fingerprint density at radius 2 is 1.30 bits per heavy atom. The van der Waals surface area contributed by atoms with E-state index >= 15 is 0 Å². The summed E-state index contributed by atoms with van der Waals surface area (Å²) in [6, 6.07) is 0. The predicted octanol–water partition coefficient (Wildman–Crippen LogP) is 4.09. The Morgan fingerprint density at radius 3 is 1.65 bits per heavy atom. The van der Waals surface area contributed by atoms with Crippen molar-refractivity contribution in [3.05, 3.63) is 21.9 Å². The minimum absolute atomic E-state index is 0.192. The SMILES string of the molecule is CC(C)OC(=O)c1csc2scc(C(=O)OC(C)C)c12. The molecule has 0 aliphatic rings. The number of hydrogen-bond donors (Lipinski definition) is 0. The molecule has 6 heteroatoms. The lowest BCUT2D eigenvalue weighted by Crippen LogP contribution is -2.13. The molecule has 0 amide bonds. The quantitative estimate of drug-likeness (QED) is 0.798. The largest absolute Gasteiger partial charge is 0.459 e. The summed E-state index contributed by atoms with van der Waals surface area (Å²) in [5.41, 5.74) is 0.881. The van der Waals surface area contributed by atoms with Gasteiger partial charge in [0.2, 0.25) is 0 Å². The summed E-state index contributed by atoms with van der Waals surface area (Å²) in [6.45, 7) is 7.18. The first kappa shape index (κ1) is 15.0. The van der Waals surface area contributed by atoms with Crippen LogP contribution < -0.4 is 0 Å². The lowest BCUT2D eigenvalue weighted by molar-refractivity contribution is 0.0378. The van der Waals surface area contributed by atoms with Crippen LogP contribution in [0, 0.1) is 0 Å². The normalized spacial score (nSPS) is 11.3. The van der Waals surface area contributed by atoms with E-state index in [0.717, 1.165) is 4.01 Å². The van der Waals surface area contributed by atoms with Gasteiger partial charge in [-0.3, -0.25) is 0 Å². The third-order valence-electron chi connectivity index (χ3n) is 2.44. The van der Waals surface area contributed by atoms with Gasteiger partial charge in [0.05, 0.1) is 27.3 Å². The van der Waals surface area contributed by atoms with Crippen LogP contribution >= 0.6 is 22.7 Å². The first-order valence-electron chi connectivity index (χ1n) is 6.30. The van der Waals surface area contributed by atoms with Crippen molar-refractivity contribution in [2.24, 2.45) is 0 Å². The van der Waals surface area contributed by atoms with E-state index in [1.165, 1.54) is 22.7 Å². The molecule has 2 aromatic heterocycles. The molecule has 2 aromatic rings. The highest BCUT2D eigenvalue weighted by Gasteiger charge is 2.23. The zero-order valence-corrected chi connectivity index (χ0v) is 13.4. The topological polar surface area (TPSA) is 52.6 Å². The summed E-state index contributed by atoms with van der Waals surface area (Å²) in [6.07, 6.45) is -0.385. The zero-order chi connectivity index (χ0) is 14.9. The van der Waals surface area contributed by atoms with Gasteiger partial charge in [-0.25, -0.2) is 9.59 Å². The van der Waals surface area contributed by atoms with Gasteiger partial charge in [0.25, 0.3) is 0 Å². The molecule has 0 saturated carbocycles. The van der Waals surface area contributed by atoms with Crippen LogP contribution in [0.15, 0.2) is 10.8 Å². The number of rotatable bonds is 4. The van der Waals surface area contributed by atoms with Crippen molar-refractivity contribution in [2.75, 3.05) is 0 Å². The third-order valence-corrected chi connectivity index (χ3v) is 4.56. The second kappa shape index (κ2) is 5.93. The van der Waals surface area contributed by atoms with Crippen molar-refractivity contribution in [2.45, 2.75) is 39.9 Å². The summed E-state index contributed by atoms with van der Waals surface area (Å²) >= 11 is 2.87. The van der Waals surface area contributed by atoms with Gasteiger partial charge in [0, 0.05) is 16.1 Å². The molecule has 0 N–H and O–H groups in total. The highest BCUT2D eigenvalue weighted by molar-refractivity contribution is 7.37. The van der Waals surface area contributed by atoms with E-state index in [4.69, 9.17) is 9.47 Å². The molecular weight excluding hydrogens is 296 g/mol. The van der Waals surface area contributed by atoms with Gasteiger partial charge in [-0.05, 0) is 27.7 Å². The summed E-state index contributed by atoms with van der Waals surface area (Å²) in [5, 5.41) is 4.12. The number of carbonyl (C=O) groups excluding carboxylic acids is 2. The van der Waals surface area contributed by atoms with E-state index in [1.54, 1.807) is 38.5 Å². The number of esters is 2. The maximum atomic E-state index is 12.1. The van der Waals surface area contributed by atoms with E-state index in [9.17, 15) is 9.59 Å². The molecule has 2 rings (SSSR count). The number of fused-ring (bicyclic) bond motifs is 1. The molecule has 20 heavy (non-hydrogen) atoms. The Morgan fingerprint density at radius 1 is 0.900 bits per heavy atom. The fraction of sp³-hybridized carbons (Fsp3) is 0.429. The first-order valence-corrected chi connectivity index (χ1v) is 8.06. The molecule has 0 fully saturated rings. The van der Waals surface area contributed by atoms with Crippen LogP contribution in [0.2, 0.25) is 0 Å². The summed E-state index contributed by atoms with van der Waals surface area (Å²) < 4.78 is 11.3. The number of thiophene rings is 2. The number of carbonyl (C=O) groups is 2. The van der Waals surface area contributed by atoms with E-state index in [2.05, 4.69) is 0 Å². The van der Waals surface area contributed by atoms with E-state index in [1.807, 2.05) is 0 Å². The van der Waals surface area contributed by atoms with Gasteiger partial charge in [0.1, 0.15) is 0 Å². The third kappa shape index (κ3) is 3.02. The van der Waals surface area contributed by atoms with Crippen LogP contribution in [0.3, 0.4) is 0 Å². The van der Waals surface area contributed by atoms with Crippen LogP contribution in [-0.2, 0) is 9.47 Å². The molecule has 0 bridgehead atoms. The summed E-state index contributed by atoms with van der Waals surface area (Å²) in [7, 11) is 0. The van der Waals surface area contributed by atoms with Gasteiger partial charge in [-0.2, -0.15) is 0 Å². The van der Waals surface area contributed by atoms with Crippen LogP contribution in [0.1, 0.15) is 48.4 Å². The maximum Gasteiger partial charge on any atom is 0.339 e. The number of hydrogen-bond acceptors (Lipinski definition) is 6. The molecule has 4 nitrogen and oxygen atoms in total. The minimum Gasteiger partial charge on any atom is -0.459 e. The lowest BCUT2D eigenvalue weighted by atomic mass is 10.1. The van der Waals surface area contributed by atoms with Crippen LogP contribution in [0.5, 0.6) is 0 Å². The second-order valence-electron chi connectivity index (χ2n) is 4.87. The Hall–Kier alpha value is -1.40. The van der Waals surface area contributed by atoms with Crippen LogP contribution in [0.25, 0.3) is 9.40 Å². The Kier molecular flexibility index (Phi) is 4.45. The minimum atomic E-state index is -0.400. The van der Waals surface area contributed by atoms with Crippen LogP contribution in [-0.4, -0.2) is 24.1 Å². The van der Waals surface area contributed by atoms with E-state index in [0.29, 0.717) is 16.5 Å². The molecule has 0 radical (unpaired) electrons. The fourth-order valence-corrected chi connectivity index (χ4v) is 3.77. The maximum absolute atomic E-state index is 12.1. The molecule has 108 valence electrons. The molecule has 0 aliphatic carbocycles. The Bertz CT molecular complexity index is 585. The lowest BCUT2D eigenvalue weighted by Gasteiger charge is -2.08. The molecule has 2 heterocycles. The van der Waals surface area contributed by atoms with E-state index < -0.39 is 11.9 Å². The molecule has 0 unspecified atom stereocenters. The van der Waals surface area contributed by atoms with Crippen molar-refractivity contribution in [1.82, 2.24) is 0 Å². The molecule has 0 spiro atoms. The average molecular weight is 312 g/mol. The van der Waals surface area contributed by atoms with Crippen molar-refractivity contribution < 1.29 is 19.1 Å². The van der Waals surface area contributed by atoms with Gasteiger partial charge in [-0.1, -0.05) is 0 Å². The fourth-order valence-electron chi connectivity index (χ4n) is 1.71. The monoisotopic (exact) mass is 312 g/mol. The van der Waals surface area contributed by atoms with Crippen molar-refractivity contribution in [3.8, 4) is 0 Å². The van der Waals surface area contributed by atoms with Gasteiger partial charge < -0.3 is 9.47 Å². The van der Waals surface area contributed by atoms with Crippen molar-refractivity contribution in [1.29, 1.82) is 0 Å². The Balaban J connectivity index is 2.40. The standard InChI is InChI=1S/C14H16O4S2/c1-7(2)17-12(15)9-5-19-14-11(9)10(6-20-14)13(16)18-8(3)4/h5-8H,1-4H3. The first-order chi connectivity index (χ1) is 9.40. The average Bonchev–Trinajstić information content (AvgIpc) is 2.85. The molecule has 0 aromatic carbocycles. The van der Waals surface area contributed by atoms with E-state index in [-0.39, 0.29) is 12.2 Å². The Labute approximate surface area is 125 Å². The highest BCUT2D eigenvalue weighted by Crippen LogP contribution is 2.35. The van der Waals surface area contributed by atoms with Gasteiger partial charge in [-0.15, -0.1) is 22.7 Å². The van der Waals surface area contributed by atoms with Gasteiger partial charge in [0.15, 0.2) is 0 Å². The van der Waals surface area contributed by atoms with Crippen LogP contribution in [0.4, 0.5) is 0 Å². The van der Waals surface area contributed by atoms with Crippen molar-refractivity contribution in [3.63, 3.8) is 0 Å². The highest BCUT2D eigenvalue weighted by atomic mass is 32.2. The molecule has 0 aliphatic heterocycles. The summed E-state index contributed by atoms with van der Waals surface area (Å²) in [4.78, 5) is 24.1. The molecule has 0 saturated heterocycles. The van der Waals surface area contributed by atoms with Crippen molar-refractivity contribution >= 4 is 44.0 Å². The smallest absolute Gasteiger partial charge is 0.339 e. The predicted molar refractivity (Wildman–Crippen MR) is 80.8 cm³/mol. The summed E-state index contributed by atoms with van der Waals surface area (Å²) in [5.74, 6) is -0.800. The second-order valence-corrected chi connectivity index (χ2v) is 6.89. The molecular formula is C14H16O4S2. The van der Waals surface area contributed by atoms with Gasteiger partial charge >= 0.3 is 11.9 Å².